The summed E-state index contributed by atoms with van der Waals surface area (Å²) in [6.45, 7) is 0. The molecule has 3 aromatic carbocycles. The number of hydrogen-bond donors (Lipinski definition) is 3. The number of aromatic hydroxyl groups is 1. The number of carbonyl (C=O) groups is 1. The van der Waals surface area contributed by atoms with Gasteiger partial charge in [-0.15, -0.1) is 0 Å². The van der Waals surface area contributed by atoms with Crippen LogP contribution < -0.4 is 24.8 Å². The lowest BCUT2D eigenvalue weighted by Crippen LogP contribution is -2.26. The van der Waals surface area contributed by atoms with Crippen molar-refractivity contribution in [2.75, 3.05) is 32.0 Å². The lowest BCUT2D eigenvalue weighted by atomic mass is 9.78. The number of allylic oxidation sites excluding steroid dienone is 1. The zero-order chi connectivity index (χ0) is 24.5. The van der Waals surface area contributed by atoms with E-state index in [1.165, 1.54) is 7.11 Å². The first-order chi connectivity index (χ1) is 17.0. The number of phenolic OH excluding ortho intramolecular Hbond substituents is 1. The van der Waals surface area contributed by atoms with Gasteiger partial charge < -0.3 is 30.0 Å². The quantitative estimate of drug-likeness (QED) is 0.458. The molecular weight excluding hydrogens is 444 g/mol. The van der Waals surface area contributed by atoms with Gasteiger partial charge >= 0.3 is 0 Å². The number of ether oxygens (including phenoxy) is 3. The average Bonchev–Trinajstić information content (AvgIpc) is 3.05. The van der Waals surface area contributed by atoms with Gasteiger partial charge in [0.05, 0.1) is 38.7 Å². The van der Waals surface area contributed by atoms with Gasteiger partial charge in [0.2, 0.25) is 0 Å². The van der Waals surface area contributed by atoms with Crippen molar-refractivity contribution in [3.05, 3.63) is 83.1 Å². The number of fused-ring (bicyclic) bond motifs is 1. The van der Waals surface area contributed by atoms with Crippen molar-refractivity contribution in [2.45, 2.75) is 24.8 Å². The van der Waals surface area contributed by atoms with E-state index in [0.717, 1.165) is 28.2 Å². The van der Waals surface area contributed by atoms with Gasteiger partial charge in [0.25, 0.3) is 0 Å². The van der Waals surface area contributed by atoms with Crippen LogP contribution in [0.1, 0.15) is 35.9 Å². The predicted molar refractivity (Wildman–Crippen MR) is 135 cm³/mol. The van der Waals surface area contributed by atoms with Crippen LogP contribution in [-0.2, 0) is 4.79 Å². The molecule has 0 spiro atoms. The Bertz CT molecular complexity index is 1320. The number of rotatable bonds is 5. The minimum atomic E-state index is -0.420. The topological polar surface area (TPSA) is 89.1 Å². The first-order valence-corrected chi connectivity index (χ1v) is 11.5. The highest BCUT2D eigenvalue weighted by molar-refractivity contribution is 6.01. The van der Waals surface area contributed by atoms with Crippen LogP contribution in [-0.4, -0.2) is 32.2 Å². The monoisotopic (exact) mass is 472 g/mol. The molecule has 5 rings (SSSR count). The third-order valence-corrected chi connectivity index (χ3v) is 6.72. The van der Waals surface area contributed by atoms with Crippen LogP contribution in [0.2, 0.25) is 0 Å². The summed E-state index contributed by atoms with van der Waals surface area (Å²) in [4.78, 5) is 13.7. The summed E-state index contributed by atoms with van der Waals surface area (Å²) in [6.07, 6.45) is 1.03. The lowest BCUT2D eigenvalue weighted by molar-refractivity contribution is -0.116. The highest BCUT2D eigenvalue weighted by atomic mass is 16.5. The molecule has 0 fully saturated rings. The molecule has 0 amide bonds. The van der Waals surface area contributed by atoms with Crippen molar-refractivity contribution >= 4 is 17.2 Å². The summed E-state index contributed by atoms with van der Waals surface area (Å²) < 4.78 is 16.1. The smallest absolute Gasteiger partial charge is 0.163 e. The molecule has 1 heterocycles. The normalized spacial score (nSPS) is 19.0. The van der Waals surface area contributed by atoms with Crippen LogP contribution >= 0.6 is 0 Å². The molecule has 1 aliphatic heterocycles. The molecular formula is C28H28N2O5. The maximum absolute atomic E-state index is 13.7. The summed E-state index contributed by atoms with van der Waals surface area (Å²) in [6, 6.07) is 18.5. The van der Waals surface area contributed by atoms with Crippen LogP contribution in [0.5, 0.6) is 23.0 Å². The molecule has 3 aromatic rings. The van der Waals surface area contributed by atoms with Crippen molar-refractivity contribution in [2.24, 2.45) is 0 Å². The molecule has 0 saturated carbocycles. The number of anilines is 2. The van der Waals surface area contributed by atoms with Crippen LogP contribution in [0.4, 0.5) is 11.4 Å². The van der Waals surface area contributed by atoms with Gasteiger partial charge in [-0.05, 0) is 59.9 Å². The van der Waals surface area contributed by atoms with Gasteiger partial charge in [-0.2, -0.15) is 0 Å². The molecule has 7 nitrogen and oxygen atoms in total. The Labute approximate surface area is 204 Å². The number of Topliss-reactive ketones (excluding diaryl/α,β-unsaturated/α-hetero) is 1. The van der Waals surface area contributed by atoms with E-state index in [4.69, 9.17) is 14.2 Å². The largest absolute Gasteiger partial charge is 0.504 e. The zero-order valence-electron chi connectivity index (χ0n) is 19.9. The Balaban J connectivity index is 1.58. The number of ketones is 1. The fourth-order valence-corrected chi connectivity index (χ4v) is 4.97. The molecule has 3 N–H and O–H groups in total. The summed E-state index contributed by atoms with van der Waals surface area (Å²) in [5.74, 6) is 1.76. The first-order valence-electron chi connectivity index (χ1n) is 11.5. The second-order valence-corrected chi connectivity index (χ2v) is 8.71. The third kappa shape index (κ3) is 4.14. The first kappa shape index (κ1) is 22.7. The van der Waals surface area contributed by atoms with Crippen LogP contribution in [0.3, 0.4) is 0 Å². The second-order valence-electron chi connectivity index (χ2n) is 8.71. The van der Waals surface area contributed by atoms with Gasteiger partial charge in [0.15, 0.2) is 28.8 Å². The summed E-state index contributed by atoms with van der Waals surface area (Å²) >= 11 is 0. The fraction of sp³-hybridized carbons (Fsp3) is 0.250. The van der Waals surface area contributed by atoms with Crippen molar-refractivity contribution < 1.29 is 24.1 Å². The number of methoxy groups -OCH3 is 3. The molecule has 0 aromatic heterocycles. The van der Waals surface area contributed by atoms with Gasteiger partial charge in [0, 0.05) is 17.7 Å². The summed E-state index contributed by atoms with van der Waals surface area (Å²) in [5.41, 5.74) is 5.15. The number of benzene rings is 3. The average molecular weight is 473 g/mol. The van der Waals surface area contributed by atoms with Crippen LogP contribution in [0.25, 0.3) is 0 Å². The maximum atomic E-state index is 13.7. The highest BCUT2D eigenvalue weighted by Crippen LogP contribution is 2.46. The van der Waals surface area contributed by atoms with Crippen molar-refractivity contribution in [3.63, 3.8) is 0 Å². The van der Waals surface area contributed by atoms with Gasteiger partial charge in [-0.3, -0.25) is 4.79 Å². The van der Waals surface area contributed by atoms with Gasteiger partial charge in [-0.1, -0.05) is 24.3 Å². The molecule has 1 aliphatic carbocycles. The SMILES string of the molecule is COc1ccc([C@H]2Nc3ccccc3NC3=C2C(=O)C[C@@H](c2ccc(OC)c(OC)c2)C3)cc1O. The maximum Gasteiger partial charge on any atom is 0.163 e. The summed E-state index contributed by atoms with van der Waals surface area (Å²) in [7, 11) is 4.73. The van der Waals surface area contributed by atoms with E-state index in [1.54, 1.807) is 26.4 Å². The standard InChI is InChI=1S/C28H28N2O5/c1-33-24-10-9-17(13-22(24)31)28-27-21(29-19-6-4-5-7-20(19)30-28)12-18(14-23(27)32)16-8-11-25(34-2)26(15-16)35-3/h4-11,13,15,18,28-31H,12,14H2,1-3H3/t18-,28+/m0/s1. The Morgan fingerprint density at radius 1 is 0.800 bits per heavy atom. The third-order valence-electron chi connectivity index (χ3n) is 6.72. The highest BCUT2D eigenvalue weighted by Gasteiger charge is 2.36. The van der Waals surface area contributed by atoms with Crippen molar-refractivity contribution in [1.82, 2.24) is 0 Å². The van der Waals surface area contributed by atoms with Gasteiger partial charge in [0.1, 0.15) is 0 Å². The molecule has 0 saturated heterocycles. The van der Waals surface area contributed by atoms with E-state index in [1.807, 2.05) is 48.5 Å². The van der Waals surface area contributed by atoms with Crippen molar-refractivity contribution in [1.29, 1.82) is 0 Å². The van der Waals surface area contributed by atoms with E-state index in [2.05, 4.69) is 10.6 Å². The van der Waals surface area contributed by atoms with Crippen LogP contribution in [0.15, 0.2) is 71.9 Å². The Morgan fingerprint density at radius 3 is 2.20 bits per heavy atom. The predicted octanol–water partition coefficient (Wildman–Crippen LogP) is 5.40. The molecule has 180 valence electrons. The van der Waals surface area contributed by atoms with Crippen molar-refractivity contribution in [3.8, 4) is 23.0 Å². The summed E-state index contributed by atoms with van der Waals surface area (Å²) in [5, 5.41) is 17.5. The zero-order valence-corrected chi connectivity index (χ0v) is 19.9. The minimum absolute atomic E-state index is 0.0104. The molecule has 2 atom stereocenters. The van der Waals surface area contributed by atoms with Crippen LogP contribution in [0, 0.1) is 0 Å². The van der Waals surface area contributed by atoms with E-state index < -0.39 is 6.04 Å². The van der Waals surface area contributed by atoms with E-state index in [-0.39, 0.29) is 17.5 Å². The lowest BCUT2D eigenvalue weighted by Gasteiger charge is -2.30. The number of phenols is 1. The number of nitrogens with one attached hydrogen (secondary N) is 2. The molecule has 7 heteroatoms. The number of carbonyl (C=O) groups excluding carboxylic acids is 1. The fourth-order valence-electron chi connectivity index (χ4n) is 4.97. The molecule has 2 aliphatic rings. The van der Waals surface area contributed by atoms with E-state index in [9.17, 15) is 9.90 Å². The molecule has 35 heavy (non-hydrogen) atoms. The Hall–Kier alpha value is -4.13. The van der Waals surface area contributed by atoms with E-state index >= 15 is 0 Å². The second kappa shape index (κ2) is 9.25. The molecule has 0 radical (unpaired) electrons. The van der Waals surface area contributed by atoms with Gasteiger partial charge in [-0.25, -0.2) is 0 Å². The Kier molecular flexibility index (Phi) is 5.99. The number of hydrogen-bond acceptors (Lipinski definition) is 7. The number of para-hydroxylation sites is 2. The van der Waals surface area contributed by atoms with E-state index in [0.29, 0.717) is 35.7 Å². The Morgan fingerprint density at radius 2 is 1.49 bits per heavy atom. The molecule has 0 unspecified atom stereocenters. The minimum Gasteiger partial charge on any atom is -0.504 e. The molecule has 0 bridgehead atoms.